The standard InChI is InChI=1S/C18H29NO2/c1-5-6-7-8-9-11-14(2)19-17-13-10-12-16(15(17)3)18(20)21-4/h10,12-14,19H,5-9,11H2,1-4H3. The van der Waals surface area contributed by atoms with Gasteiger partial charge in [0.1, 0.15) is 0 Å². The molecule has 0 aliphatic heterocycles. The van der Waals surface area contributed by atoms with Crippen LogP contribution in [0.1, 0.15) is 68.3 Å². The number of esters is 1. The molecule has 1 rings (SSSR count). The molecule has 118 valence electrons. The molecule has 1 aromatic carbocycles. The van der Waals surface area contributed by atoms with Gasteiger partial charge in [-0.25, -0.2) is 4.79 Å². The molecule has 3 heteroatoms. The van der Waals surface area contributed by atoms with Gasteiger partial charge in [-0.1, -0.05) is 45.1 Å². The van der Waals surface area contributed by atoms with Crippen LogP contribution in [0.25, 0.3) is 0 Å². The van der Waals surface area contributed by atoms with Gasteiger partial charge in [0, 0.05) is 11.7 Å². The van der Waals surface area contributed by atoms with Crippen LogP contribution in [0.2, 0.25) is 0 Å². The van der Waals surface area contributed by atoms with E-state index in [4.69, 9.17) is 4.74 Å². The van der Waals surface area contributed by atoms with Crippen LogP contribution >= 0.6 is 0 Å². The highest BCUT2D eigenvalue weighted by Gasteiger charge is 2.12. The number of unbranched alkanes of at least 4 members (excludes halogenated alkanes) is 4. The Hall–Kier alpha value is -1.51. The number of carbonyl (C=O) groups is 1. The lowest BCUT2D eigenvalue weighted by Gasteiger charge is -2.18. The normalized spacial score (nSPS) is 12.0. The monoisotopic (exact) mass is 291 g/mol. The maximum atomic E-state index is 11.7. The van der Waals surface area contributed by atoms with Gasteiger partial charge in [0.15, 0.2) is 0 Å². The second-order valence-electron chi connectivity index (χ2n) is 5.72. The van der Waals surface area contributed by atoms with Crippen molar-refractivity contribution in [3.63, 3.8) is 0 Å². The Labute approximate surface area is 129 Å². The van der Waals surface area contributed by atoms with Gasteiger partial charge in [0.25, 0.3) is 0 Å². The van der Waals surface area contributed by atoms with E-state index in [1.165, 1.54) is 39.2 Å². The Balaban J connectivity index is 2.52. The first kappa shape index (κ1) is 17.5. The third-order valence-electron chi connectivity index (χ3n) is 3.88. The van der Waals surface area contributed by atoms with Crippen molar-refractivity contribution >= 4 is 11.7 Å². The highest BCUT2D eigenvalue weighted by molar-refractivity contribution is 5.92. The molecule has 0 aromatic heterocycles. The van der Waals surface area contributed by atoms with E-state index in [0.717, 1.165) is 17.7 Å². The number of methoxy groups -OCH3 is 1. The lowest BCUT2D eigenvalue weighted by Crippen LogP contribution is -2.16. The smallest absolute Gasteiger partial charge is 0.338 e. The van der Waals surface area contributed by atoms with Crippen LogP contribution in [-0.4, -0.2) is 19.1 Å². The number of nitrogens with one attached hydrogen (secondary N) is 1. The summed E-state index contributed by atoms with van der Waals surface area (Å²) in [6, 6.07) is 6.14. The summed E-state index contributed by atoms with van der Waals surface area (Å²) in [4.78, 5) is 11.7. The number of rotatable bonds is 9. The van der Waals surface area contributed by atoms with E-state index < -0.39 is 0 Å². The summed E-state index contributed by atoms with van der Waals surface area (Å²) in [5, 5.41) is 3.51. The Bertz CT molecular complexity index is 443. The minimum atomic E-state index is -0.275. The predicted molar refractivity (Wildman–Crippen MR) is 89.0 cm³/mol. The Morgan fingerprint density at radius 3 is 2.62 bits per heavy atom. The van der Waals surface area contributed by atoms with Crippen LogP contribution in [0.4, 0.5) is 5.69 Å². The maximum Gasteiger partial charge on any atom is 0.338 e. The van der Waals surface area contributed by atoms with Crippen LogP contribution in [0.3, 0.4) is 0 Å². The zero-order valence-electron chi connectivity index (χ0n) is 13.9. The Morgan fingerprint density at radius 2 is 1.95 bits per heavy atom. The molecule has 0 spiro atoms. The van der Waals surface area contributed by atoms with Crippen LogP contribution in [-0.2, 0) is 4.74 Å². The quantitative estimate of drug-likeness (QED) is 0.517. The number of benzene rings is 1. The van der Waals surface area contributed by atoms with Crippen molar-refractivity contribution in [3.8, 4) is 0 Å². The van der Waals surface area contributed by atoms with Crippen molar-refractivity contribution in [1.82, 2.24) is 0 Å². The van der Waals surface area contributed by atoms with E-state index in [9.17, 15) is 4.79 Å². The average Bonchev–Trinajstić information content (AvgIpc) is 2.48. The Kier molecular flexibility index (Phi) is 7.88. The fourth-order valence-electron chi connectivity index (χ4n) is 2.51. The molecular weight excluding hydrogens is 262 g/mol. The van der Waals surface area contributed by atoms with Crippen molar-refractivity contribution in [3.05, 3.63) is 29.3 Å². The summed E-state index contributed by atoms with van der Waals surface area (Å²) in [6.07, 6.45) is 7.67. The summed E-state index contributed by atoms with van der Waals surface area (Å²) in [6.45, 7) is 6.40. The molecule has 0 bridgehead atoms. The van der Waals surface area contributed by atoms with E-state index in [0.29, 0.717) is 11.6 Å². The molecule has 1 N–H and O–H groups in total. The van der Waals surface area contributed by atoms with E-state index in [1.807, 2.05) is 25.1 Å². The first-order valence-electron chi connectivity index (χ1n) is 8.04. The zero-order valence-corrected chi connectivity index (χ0v) is 13.9. The van der Waals surface area contributed by atoms with Crippen molar-refractivity contribution < 1.29 is 9.53 Å². The van der Waals surface area contributed by atoms with Crippen LogP contribution < -0.4 is 5.32 Å². The van der Waals surface area contributed by atoms with Crippen LogP contribution in [0.15, 0.2) is 18.2 Å². The van der Waals surface area contributed by atoms with Gasteiger partial charge in [-0.05, 0) is 38.0 Å². The third kappa shape index (κ3) is 5.78. The highest BCUT2D eigenvalue weighted by atomic mass is 16.5. The van der Waals surface area contributed by atoms with Crippen LogP contribution in [0, 0.1) is 6.92 Å². The third-order valence-corrected chi connectivity index (χ3v) is 3.88. The molecule has 0 aliphatic rings. The molecule has 0 heterocycles. The van der Waals surface area contributed by atoms with Crippen LogP contribution in [0.5, 0.6) is 0 Å². The van der Waals surface area contributed by atoms with Gasteiger partial charge < -0.3 is 10.1 Å². The molecule has 0 amide bonds. The molecule has 1 atom stereocenters. The SMILES string of the molecule is CCCCCCCC(C)Nc1cccc(C(=O)OC)c1C. The average molecular weight is 291 g/mol. The lowest BCUT2D eigenvalue weighted by atomic mass is 10.0. The fourth-order valence-corrected chi connectivity index (χ4v) is 2.51. The summed E-state index contributed by atoms with van der Waals surface area (Å²) in [5.41, 5.74) is 2.62. The summed E-state index contributed by atoms with van der Waals surface area (Å²) < 4.78 is 4.81. The van der Waals surface area contributed by atoms with Crippen molar-refractivity contribution in [2.24, 2.45) is 0 Å². The van der Waals surface area contributed by atoms with Crippen molar-refractivity contribution in [2.75, 3.05) is 12.4 Å². The van der Waals surface area contributed by atoms with Gasteiger partial charge in [-0.3, -0.25) is 0 Å². The molecule has 0 saturated carbocycles. The zero-order chi connectivity index (χ0) is 15.7. The Morgan fingerprint density at radius 1 is 1.24 bits per heavy atom. The maximum absolute atomic E-state index is 11.7. The van der Waals surface area contributed by atoms with E-state index in [2.05, 4.69) is 19.2 Å². The molecule has 1 aromatic rings. The number of hydrogen-bond donors (Lipinski definition) is 1. The van der Waals surface area contributed by atoms with Crippen molar-refractivity contribution in [2.45, 2.75) is 65.3 Å². The molecule has 0 saturated heterocycles. The second-order valence-corrected chi connectivity index (χ2v) is 5.72. The number of hydrogen-bond acceptors (Lipinski definition) is 3. The largest absolute Gasteiger partial charge is 0.465 e. The molecular formula is C18H29NO2. The minimum absolute atomic E-state index is 0.275. The first-order valence-corrected chi connectivity index (χ1v) is 8.04. The molecule has 1 unspecified atom stereocenters. The molecule has 3 nitrogen and oxygen atoms in total. The van der Waals surface area contributed by atoms with E-state index in [-0.39, 0.29) is 5.97 Å². The van der Waals surface area contributed by atoms with E-state index in [1.54, 1.807) is 0 Å². The summed E-state index contributed by atoms with van der Waals surface area (Å²) >= 11 is 0. The first-order chi connectivity index (χ1) is 10.1. The minimum Gasteiger partial charge on any atom is -0.465 e. The molecule has 0 aliphatic carbocycles. The predicted octanol–water partition coefficient (Wildman–Crippen LogP) is 4.94. The van der Waals surface area contributed by atoms with Gasteiger partial charge in [0.05, 0.1) is 12.7 Å². The van der Waals surface area contributed by atoms with Gasteiger partial charge in [-0.15, -0.1) is 0 Å². The topological polar surface area (TPSA) is 38.3 Å². The number of carbonyl (C=O) groups excluding carboxylic acids is 1. The molecule has 0 fully saturated rings. The number of ether oxygens (including phenoxy) is 1. The van der Waals surface area contributed by atoms with Gasteiger partial charge in [-0.2, -0.15) is 0 Å². The van der Waals surface area contributed by atoms with Crippen molar-refractivity contribution in [1.29, 1.82) is 0 Å². The number of anilines is 1. The van der Waals surface area contributed by atoms with Gasteiger partial charge in [0.2, 0.25) is 0 Å². The summed E-state index contributed by atoms with van der Waals surface area (Å²) in [5.74, 6) is -0.275. The summed E-state index contributed by atoms with van der Waals surface area (Å²) in [7, 11) is 1.42. The van der Waals surface area contributed by atoms with E-state index >= 15 is 0 Å². The fraction of sp³-hybridized carbons (Fsp3) is 0.611. The second kappa shape index (κ2) is 9.43. The molecule has 0 radical (unpaired) electrons. The lowest BCUT2D eigenvalue weighted by molar-refractivity contribution is 0.0600. The van der Waals surface area contributed by atoms with Gasteiger partial charge >= 0.3 is 5.97 Å². The highest BCUT2D eigenvalue weighted by Crippen LogP contribution is 2.21. The molecule has 21 heavy (non-hydrogen) atoms.